The highest BCUT2D eigenvalue weighted by atomic mass is 19.1. The summed E-state index contributed by atoms with van der Waals surface area (Å²) < 4.78 is 20.5. The van der Waals surface area contributed by atoms with Gasteiger partial charge >= 0.3 is 0 Å². The van der Waals surface area contributed by atoms with Crippen LogP contribution in [0.25, 0.3) is 16.8 Å². The Kier molecular flexibility index (Phi) is 4.87. The van der Waals surface area contributed by atoms with Crippen LogP contribution in [0.4, 0.5) is 4.39 Å². The monoisotopic (exact) mass is 415 g/mol. The van der Waals surface area contributed by atoms with Crippen LogP contribution in [-0.2, 0) is 17.8 Å². The molecule has 6 heteroatoms. The quantitative estimate of drug-likeness (QED) is 0.476. The Balaban J connectivity index is 1.64. The molecular weight excluding hydrogens is 393 g/mol. The molecule has 4 aromatic rings. The minimum absolute atomic E-state index is 0.0772. The second-order valence-electron chi connectivity index (χ2n) is 8.07. The van der Waals surface area contributed by atoms with Crippen molar-refractivity contribution in [3.63, 3.8) is 0 Å². The van der Waals surface area contributed by atoms with Gasteiger partial charge in [0.15, 0.2) is 11.4 Å². The molecule has 2 aromatic carbocycles. The van der Waals surface area contributed by atoms with Gasteiger partial charge in [0.2, 0.25) is 0 Å². The topological polar surface area (TPSA) is 56.5 Å². The van der Waals surface area contributed by atoms with Crippen molar-refractivity contribution in [1.29, 1.82) is 0 Å². The maximum absolute atomic E-state index is 13.5. The highest BCUT2D eigenvalue weighted by Crippen LogP contribution is 2.34. The summed E-state index contributed by atoms with van der Waals surface area (Å²) in [5.74, 6) is -0.120. The number of fused-ring (bicyclic) bond motifs is 2. The Morgan fingerprint density at radius 1 is 1.10 bits per heavy atom. The lowest BCUT2D eigenvalue weighted by atomic mass is 9.82. The molecule has 2 aromatic heterocycles. The standard InChI is InChI=1S/C25H22FN3O2/c1-15-3-5-16(6-4-15)18-11-21-20(23(30)12-18)13-29-25(27-21)24(22(28-29)14-31-2)17-7-9-19(26)10-8-17/h3-10,13,18H,11-12,14H2,1-2H3. The van der Waals surface area contributed by atoms with E-state index in [2.05, 4.69) is 36.3 Å². The summed E-state index contributed by atoms with van der Waals surface area (Å²) >= 11 is 0. The number of methoxy groups -OCH3 is 1. The number of nitrogens with zero attached hydrogens (tertiary/aromatic N) is 3. The lowest BCUT2D eigenvalue weighted by Crippen LogP contribution is -2.21. The first-order chi connectivity index (χ1) is 15.0. The fourth-order valence-electron chi connectivity index (χ4n) is 4.31. The molecule has 0 fully saturated rings. The van der Waals surface area contributed by atoms with Gasteiger partial charge < -0.3 is 4.74 Å². The van der Waals surface area contributed by atoms with Crippen LogP contribution in [0, 0.1) is 12.7 Å². The second kappa shape index (κ2) is 7.71. The van der Waals surface area contributed by atoms with Crippen LogP contribution in [0.15, 0.2) is 54.7 Å². The van der Waals surface area contributed by atoms with Crippen LogP contribution in [-0.4, -0.2) is 27.5 Å². The highest BCUT2D eigenvalue weighted by molar-refractivity contribution is 5.99. The van der Waals surface area contributed by atoms with Crippen LogP contribution < -0.4 is 0 Å². The molecule has 156 valence electrons. The van der Waals surface area contributed by atoms with E-state index < -0.39 is 0 Å². The Bertz CT molecular complexity index is 1280. The molecule has 5 rings (SSSR count). The predicted molar refractivity (Wildman–Crippen MR) is 116 cm³/mol. The summed E-state index contributed by atoms with van der Waals surface area (Å²) in [4.78, 5) is 17.8. The summed E-state index contributed by atoms with van der Waals surface area (Å²) in [5, 5.41) is 4.61. The number of benzene rings is 2. The van der Waals surface area contributed by atoms with Gasteiger partial charge in [0, 0.05) is 19.7 Å². The Morgan fingerprint density at radius 2 is 1.84 bits per heavy atom. The Hall–Kier alpha value is -3.38. The van der Waals surface area contributed by atoms with E-state index in [4.69, 9.17) is 9.72 Å². The molecule has 1 aliphatic carbocycles. The molecule has 0 N–H and O–H groups in total. The lowest BCUT2D eigenvalue weighted by molar-refractivity contribution is 0.0962. The van der Waals surface area contributed by atoms with E-state index in [9.17, 15) is 9.18 Å². The molecule has 1 atom stereocenters. The van der Waals surface area contributed by atoms with Gasteiger partial charge in [-0.2, -0.15) is 5.10 Å². The SMILES string of the molecule is COCc1nn2cc3c(nc2c1-c1ccc(F)cc1)CC(c1ccc(C)cc1)CC3=O. The number of aryl methyl sites for hydroxylation is 1. The highest BCUT2D eigenvalue weighted by Gasteiger charge is 2.29. The van der Waals surface area contributed by atoms with E-state index in [1.165, 1.54) is 17.7 Å². The third kappa shape index (κ3) is 3.53. The smallest absolute Gasteiger partial charge is 0.166 e. The van der Waals surface area contributed by atoms with Gasteiger partial charge in [0.1, 0.15) is 5.82 Å². The number of Topliss-reactive ketones (excluding diaryl/α,β-unsaturated/α-hetero) is 1. The first-order valence-corrected chi connectivity index (χ1v) is 10.3. The molecule has 0 bridgehead atoms. The van der Waals surface area contributed by atoms with Gasteiger partial charge in [-0.25, -0.2) is 13.9 Å². The molecule has 0 spiro atoms. The van der Waals surface area contributed by atoms with E-state index in [0.717, 1.165) is 22.4 Å². The van der Waals surface area contributed by atoms with E-state index >= 15 is 0 Å². The lowest BCUT2D eigenvalue weighted by Gasteiger charge is -2.23. The normalized spacial score (nSPS) is 16.0. The fourth-order valence-corrected chi connectivity index (χ4v) is 4.31. The molecule has 0 saturated heterocycles. The summed E-state index contributed by atoms with van der Waals surface area (Å²) in [5.41, 5.74) is 6.71. The molecule has 0 saturated carbocycles. The van der Waals surface area contributed by atoms with Gasteiger partial charge in [0.05, 0.1) is 29.1 Å². The average molecular weight is 415 g/mol. The summed E-state index contributed by atoms with van der Waals surface area (Å²) in [7, 11) is 1.60. The first kappa shape index (κ1) is 19.6. The molecule has 1 unspecified atom stereocenters. The van der Waals surface area contributed by atoms with Crippen molar-refractivity contribution in [2.75, 3.05) is 7.11 Å². The number of carbonyl (C=O) groups excluding carboxylic acids is 1. The zero-order valence-electron chi connectivity index (χ0n) is 17.4. The van der Waals surface area contributed by atoms with Crippen LogP contribution >= 0.6 is 0 Å². The molecule has 5 nitrogen and oxygen atoms in total. The Morgan fingerprint density at radius 3 is 2.55 bits per heavy atom. The predicted octanol–water partition coefficient (Wildman–Crippen LogP) is 4.90. The van der Waals surface area contributed by atoms with Crippen molar-refractivity contribution >= 4 is 11.4 Å². The van der Waals surface area contributed by atoms with Gasteiger partial charge in [-0.05, 0) is 42.5 Å². The van der Waals surface area contributed by atoms with Crippen LogP contribution in [0.5, 0.6) is 0 Å². The summed E-state index contributed by atoms with van der Waals surface area (Å²) in [6.45, 7) is 2.35. The molecule has 0 amide bonds. The zero-order valence-corrected chi connectivity index (χ0v) is 17.4. The molecule has 1 aliphatic rings. The maximum atomic E-state index is 13.5. The number of rotatable bonds is 4. The first-order valence-electron chi connectivity index (χ1n) is 10.3. The van der Waals surface area contributed by atoms with Gasteiger partial charge in [-0.1, -0.05) is 42.0 Å². The van der Waals surface area contributed by atoms with Crippen LogP contribution in [0.1, 0.15) is 45.2 Å². The minimum Gasteiger partial charge on any atom is -0.378 e. The number of aromatic nitrogens is 3. The largest absolute Gasteiger partial charge is 0.378 e. The molecular formula is C25H22FN3O2. The van der Waals surface area contributed by atoms with Crippen LogP contribution in [0.3, 0.4) is 0 Å². The number of ether oxygens (including phenoxy) is 1. The molecule has 31 heavy (non-hydrogen) atoms. The van der Waals surface area contributed by atoms with Gasteiger partial charge in [-0.3, -0.25) is 4.79 Å². The number of halogens is 1. The maximum Gasteiger partial charge on any atom is 0.166 e. The van der Waals surface area contributed by atoms with E-state index in [0.29, 0.717) is 36.4 Å². The van der Waals surface area contributed by atoms with E-state index in [-0.39, 0.29) is 17.5 Å². The third-order valence-electron chi connectivity index (χ3n) is 5.90. The third-order valence-corrected chi connectivity index (χ3v) is 5.90. The Labute approximate surface area is 179 Å². The number of hydrogen-bond acceptors (Lipinski definition) is 4. The van der Waals surface area contributed by atoms with Crippen molar-refractivity contribution in [2.24, 2.45) is 0 Å². The molecule has 0 aliphatic heterocycles. The minimum atomic E-state index is -0.301. The van der Waals surface area contributed by atoms with Crippen LogP contribution in [0.2, 0.25) is 0 Å². The van der Waals surface area contributed by atoms with Crippen molar-refractivity contribution in [3.05, 3.63) is 88.6 Å². The number of hydrogen-bond donors (Lipinski definition) is 0. The van der Waals surface area contributed by atoms with Crippen molar-refractivity contribution in [2.45, 2.75) is 32.3 Å². The van der Waals surface area contributed by atoms with Gasteiger partial charge in [0.25, 0.3) is 0 Å². The second-order valence-corrected chi connectivity index (χ2v) is 8.07. The molecule has 0 radical (unpaired) electrons. The fraction of sp³-hybridized carbons (Fsp3) is 0.240. The van der Waals surface area contributed by atoms with Gasteiger partial charge in [-0.15, -0.1) is 0 Å². The molecule has 2 heterocycles. The average Bonchev–Trinajstić information content (AvgIpc) is 3.11. The van der Waals surface area contributed by atoms with E-state index in [1.807, 2.05) is 0 Å². The zero-order chi connectivity index (χ0) is 21.5. The number of ketones is 1. The van der Waals surface area contributed by atoms with E-state index in [1.54, 1.807) is 30.0 Å². The van der Waals surface area contributed by atoms with Crippen molar-refractivity contribution < 1.29 is 13.9 Å². The summed E-state index contributed by atoms with van der Waals surface area (Å²) in [6, 6.07) is 14.6. The number of carbonyl (C=O) groups is 1. The van der Waals surface area contributed by atoms with Crippen molar-refractivity contribution in [1.82, 2.24) is 14.6 Å². The summed E-state index contributed by atoms with van der Waals surface area (Å²) in [6.07, 6.45) is 2.92. The van der Waals surface area contributed by atoms with Crippen molar-refractivity contribution in [3.8, 4) is 11.1 Å².